The molecular formula is C15H26N2O3S. The Bertz CT molecular complexity index is 495. The third-order valence-electron chi connectivity index (χ3n) is 4.09. The molecule has 1 amide bonds. The molecule has 0 heterocycles. The van der Waals surface area contributed by atoms with Crippen molar-refractivity contribution in [1.29, 1.82) is 0 Å². The fourth-order valence-corrected chi connectivity index (χ4v) is 3.95. The zero-order valence-corrected chi connectivity index (χ0v) is 13.6. The van der Waals surface area contributed by atoms with E-state index < -0.39 is 10.0 Å². The van der Waals surface area contributed by atoms with E-state index in [-0.39, 0.29) is 18.4 Å². The smallest absolute Gasteiger partial charge is 0.221 e. The van der Waals surface area contributed by atoms with Crippen LogP contribution in [0.25, 0.3) is 0 Å². The highest BCUT2D eigenvalue weighted by molar-refractivity contribution is 7.88. The standard InChI is InChI=1S/C15H26N2O3S/c1-21(19,20)17(14-7-8-14)12-10-15(18)16-11-9-13-5-3-2-4-6-13/h5,14H,2-4,6-12H2,1H3,(H,16,18). The van der Waals surface area contributed by atoms with Crippen LogP contribution in [0.2, 0.25) is 0 Å². The van der Waals surface area contributed by atoms with Crippen LogP contribution in [-0.2, 0) is 14.8 Å². The zero-order valence-electron chi connectivity index (χ0n) is 12.8. The predicted octanol–water partition coefficient (Wildman–Crippen LogP) is 1.81. The van der Waals surface area contributed by atoms with E-state index in [0.717, 1.165) is 32.1 Å². The maximum atomic E-state index is 11.8. The first-order valence-electron chi connectivity index (χ1n) is 7.88. The Morgan fingerprint density at radius 1 is 1.38 bits per heavy atom. The third kappa shape index (κ3) is 5.79. The van der Waals surface area contributed by atoms with E-state index in [1.54, 1.807) is 0 Å². The number of sulfonamides is 1. The van der Waals surface area contributed by atoms with Gasteiger partial charge in [-0.1, -0.05) is 11.6 Å². The third-order valence-corrected chi connectivity index (χ3v) is 5.43. The van der Waals surface area contributed by atoms with Gasteiger partial charge in [0.15, 0.2) is 0 Å². The number of nitrogens with zero attached hydrogens (tertiary/aromatic N) is 1. The minimum absolute atomic E-state index is 0.0549. The van der Waals surface area contributed by atoms with Crippen LogP contribution in [0.4, 0.5) is 0 Å². The van der Waals surface area contributed by atoms with Gasteiger partial charge in [0.05, 0.1) is 6.26 Å². The maximum Gasteiger partial charge on any atom is 0.221 e. The summed E-state index contributed by atoms with van der Waals surface area (Å²) in [5, 5.41) is 2.89. The van der Waals surface area contributed by atoms with Crippen LogP contribution in [0.3, 0.4) is 0 Å². The van der Waals surface area contributed by atoms with Crippen LogP contribution >= 0.6 is 0 Å². The number of carbonyl (C=O) groups is 1. The molecular weight excluding hydrogens is 288 g/mol. The first kappa shape index (κ1) is 16.5. The molecule has 6 heteroatoms. The molecule has 0 aromatic rings. The lowest BCUT2D eigenvalue weighted by atomic mass is 9.97. The number of hydrogen-bond donors (Lipinski definition) is 1. The van der Waals surface area contributed by atoms with Crippen LogP contribution in [-0.4, -0.2) is 44.0 Å². The van der Waals surface area contributed by atoms with Crippen LogP contribution in [0, 0.1) is 0 Å². The van der Waals surface area contributed by atoms with Gasteiger partial charge >= 0.3 is 0 Å². The molecule has 5 nitrogen and oxygen atoms in total. The van der Waals surface area contributed by atoms with Gasteiger partial charge in [0.2, 0.25) is 15.9 Å². The molecule has 0 bridgehead atoms. The van der Waals surface area contributed by atoms with Crippen molar-refractivity contribution >= 4 is 15.9 Å². The Labute approximate surface area is 127 Å². The highest BCUT2D eigenvalue weighted by Crippen LogP contribution is 2.28. The second kappa shape index (κ2) is 7.40. The molecule has 0 spiro atoms. The van der Waals surface area contributed by atoms with Crippen molar-refractivity contribution in [1.82, 2.24) is 9.62 Å². The topological polar surface area (TPSA) is 66.5 Å². The van der Waals surface area contributed by atoms with E-state index in [9.17, 15) is 13.2 Å². The van der Waals surface area contributed by atoms with Crippen molar-refractivity contribution in [2.45, 2.75) is 57.4 Å². The zero-order chi connectivity index (χ0) is 15.3. The van der Waals surface area contributed by atoms with E-state index >= 15 is 0 Å². The summed E-state index contributed by atoms with van der Waals surface area (Å²) < 4.78 is 24.7. The molecule has 1 fully saturated rings. The number of amides is 1. The molecule has 0 saturated heterocycles. The normalized spacial score (nSPS) is 19.4. The van der Waals surface area contributed by atoms with Gasteiger partial charge in [-0.2, -0.15) is 4.31 Å². The molecule has 2 rings (SSSR count). The molecule has 2 aliphatic carbocycles. The van der Waals surface area contributed by atoms with E-state index in [4.69, 9.17) is 0 Å². The molecule has 1 N–H and O–H groups in total. The molecule has 0 aliphatic heterocycles. The molecule has 0 aromatic heterocycles. The Morgan fingerprint density at radius 3 is 2.71 bits per heavy atom. The number of carbonyl (C=O) groups excluding carboxylic acids is 1. The molecule has 0 unspecified atom stereocenters. The lowest BCUT2D eigenvalue weighted by molar-refractivity contribution is -0.121. The Kier molecular flexibility index (Phi) is 5.81. The number of allylic oxidation sites excluding steroid dienone is 1. The monoisotopic (exact) mass is 314 g/mol. The highest BCUT2D eigenvalue weighted by Gasteiger charge is 2.34. The van der Waals surface area contributed by atoms with Gasteiger partial charge in [-0.25, -0.2) is 8.42 Å². The van der Waals surface area contributed by atoms with E-state index in [0.29, 0.717) is 13.1 Å². The van der Waals surface area contributed by atoms with Gasteiger partial charge in [0.1, 0.15) is 0 Å². The van der Waals surface area contributed by atoms with E-state index in [1.807, 2.05) is 0 Å². The van der Waals surface area contributed by atoms with Gasteiger partial charge in [-0.05, 0) is 44.9 Å². The molecule has 2 aliphatic rings. The van der Waals surface area contributed by atoms with Crippen molar-refractivity contribution in [3.05, 3.63) is 11.6 Å². The summed E-state index contributed by atoms with van der Waals surface area (Å²) in [5.41, 5.74) is 1.44. The first-order valence-corrected chi connectivity index (χ1v) is 9.73. The summed E-state index contributed by atoms with van der Waals surface area (Å²) >= 11 is 0. The Hall–Kier alpha value is -0.880. The van der Waals surface area contributed by atoms with E-state index in [2.05, 4.69) is 11.4 Å². The average Bonchev–Trinajstić information content (AvgIpc) is 3.23. The first-order chi connectivity index (χ1) is 9.97. The molecule has 21 heavy (non-hydrogen) atoms. The molecule has 120 valence electrons. The minimum atomic E-state index is -3.19. The Morgan fingerprint density at radius 2 is 2.14 bits per heavy atom. The number of hydrogen-bond acceptors (Lipinski definition) is 3. The van der Waals surface area contributed by atoms with Crippen molar-refractivity contribution < 1.29 is 13.2 Å². The van der Waals surface area contributed by atoms with Crippen LogP contribution < -0.4 is 5.32 Å². The Balaban J connectivity index is 1.66. The maximum absolute atomic E-state index is 11.8. The van der Waals surface area contributed by atoms with Crippen molar-refractivity contribution in [3.63, 3.8) is 0 Å². The van der Waals surface area contributed by atoms with Gasteiger partial charge in [-0.3, -0.25) is 4.79 Å². The lowest BCUT2D eigenvalue weighted by Gasteiger charge is -2.19. The average molecular weight is 314 g/mol. The largest absolute Gasteiger partial charge is 0.356 e. The summed E-state index contributed by atoms with van der Waals surface area (Å²) in [4.78, 5) is 11.8. The second-order valence-corrected chi connectivity index (χ2v) is 8.00. The quantitative estimate of drug-likeness (QED) is 0.695. The fourth-order valence-electron chi connectivity index (χ4n) is 2.78. The van der Waals surface area contributed by atoms with Crippen molar-refractivity contribution in [2.24, 2.45) is 0 Å². The van der Waals surface area contributed by atoms with Crippen LogP contribution in [0.15, 0.2) is 11.6 Å². The minimum Gasteiger partial charge on any atom is -0.356 e. The van der Waals surface area contributed by atoms with Gasteiger partial charge < -0.3 is 5.32 Å². The van der Waals surface area contributed by atoms with E-state index in [1.165, 1.54) is 29.0 Å². The highest BCUT2D eigenvalue weighted by atomic mass is 32.2. The molecule has 0 atom stereocenters. The van der Waals surface area contributed by atoms with Crippen molar-refractivity contribution in [3.8, 4) is 0 Å². The number of rotatable bonds is 8. The van der Waals surface area contributed by atoms with Crippen LogP contribution in [0.5, 0.6) is 0 Å². The summed E-state index contributed by atoms with van der Waals surface area (Å²) in [5.74, 6) is -0.0549. The summed E-state index contributed by atoms with van der Waals surface area (Å²) in [7, 11) is -3.19. The summed E-state index contributed by atoms with van der Waals surface area (Å²) in [6, 6.07) is 0.125. The van der Waals surface area contributed by atoms with Crippen LogP contribution in [0.1, 0.15) is 51.4 Å². The molecule has 1 saturated carbocycles. The lowest BCUT2D eigenvalue weighted by Crippen LogP contribution is -2.36. The van der Waals surface area contributed by atoms with Gasteiger partial charge in [0, 0.05) is 25.6 Å². The van der Waals surface area contributed by atoms with Gasteiger partial charge in [0.25, 0.3) is 0 Å². The summed E-state index contributed by atoms with van der Waals surface area (Å²) in [6.45, 7) is 0.963. The van der Waals surface area contributed by atoms with Gasteiger partial charge in [-0.15, -0.1) is 0 Å². The summed E-state index contributed by atoms with van der Waals surface area (Å²) in [6.07, 6.45) is 11.4. The number of nitrogens with one attached hydrogen (secondary N) is 1. The predicted molar refractivity (Wildman–Crippen MR) is 83.4 cm³/mol. The molecule has 0 radical (unpaired) electrons. The van der Waals surface area contributed by atoms with Crippen molar-refractivity contribution in [2.75, 3.05) is 19.3 Å². The second-order valence-electron chi connectivity index (χ2n) is 6.06. The fraction of sp³-hybridized carbons (Fsp3) is 0.800. The SMILES string of the molecule is CS(=O)(=O)N(CCC(=O)NCCC1=CCCCC1)C1CC1. The molecule has 0 aromatic carbocycles.